The van der Waals surface area contributed by atoms with Gasteiger partial charge in [0.2, 0.25) is 0 Å². The fourth-order valence-corrected chi connectivity index (χ4v) is 3.49. The fraction of sp³-hybridized carbons (Fsp3) is 0.786. The lowest BCUT2D eigenvalue weighted by Crippen LogP contribution is -2.42. The van der Waals surface area contributed by atoms with Gasteiger partial charge in [-0.25, -0.2) is 0 Å². The Labute approximate surface area is 104 Å². The molecule has 0 aromatic rings. The van der Waals surface area contributed by atoms with Gasteiger partial charge in [-0.3, -0.25) is 4.79 Å². The van der Waals surface area contributed by atoms with Gasteiger partial charge in [-0.15, -0.1) is 6.42 Å². The van der Waals surface area contributed by atoms with Gasteiger partial charge in [0, 0.05) is 6.54 Å². The Kier molecular flexibility index (Phi) is 5.02. The molecule has 0 aromatic carbocycles. The number of hydrogen-bond acceptors (Lipinski definition) is 2. The van der Waals surface area contributed by atoms with E-state index in [4.69, 9.17) is 11.5 Å². The highest BCUT2D eigenvalue weighted by Crippen LogP contribution is 2.44. The molecule has 0 spiro atoms. The lowest BCUT2D eigenvalue weighted by Gasteiger charge is -2.42. The minimum absolute atomic E-state index is 0.111. The van der Waals surface area contributed by atoms with Crippen LogP contribution in [0.5, 0.6) is 0 Å². The quantitative estimate of drug-likeness (QED) is 0.569. The Bertz CT molecular complexity index is 296. The van der Waals surface area contributed by atoms with E-state index in [-0.39, 0.29) is 11.8 Å². The molecule has 0 aliphatic heterocycles. The standard InChI is InChI=1S/C14H23NO2/c1-4-5-15-10-14(9-13(16)17)7-11(2)6-12(3)8-14/h1,11-12,15H,5-10H2,2-3H3,(H,16,17)/t11-,12+,14-. The predicted octanol–water partition coefficient (Wildman–Crippen LogP) is 2.13. The maximum atomic E-state index is 11.1. The van der Waals surface area contributed by atoms with Crippen molar-refractivity contribution in [2.24, 2.45) is 17.3 Å². The van der Waals surface area contributed by atoms with Gasteiger partial charge >= 0.3 is 5.97 Å². The van der Waals surface area contributed by atoms with Crippen molar-refractivity contribution < 1.29 is 9.90 Å². The van der Waals surface area contributed by atoms with Crippen molar-refractivity contribution in [1.82, 2.24) is 5.32 Å². The van der Waals surface area contributed by atoms with E-state index >= 15 is 0 Å². The van der Waals surface area contributed by atoms with E-state index in [0.29, 0.717) is 18.4 Å². The summed E-state index contributed by atoms with van der Waals surface area (Å²) in [7, 11) is 0. The third kappa shape index (κ3) is 4.40. The molecule has 1 fully saturated rings. The van der Waals surface area contributed by atoms with Crippen molar-refractivity contribution in [1.29, 1.82) is 0 Å². The Morgan fingerprint density at radius 2 is 2.06 bits per heavy atom. The molecule has 0 bridgehead atoms. The summed E-state index contributed by atoms with van der Waals surface area (Å²) in [5, 5.41) is 12.3. The van der Waals surface area contributed by atoms with Crippen LogP contribution in [0.1, 0.15) is 39.5 Å². The molecule has 1 aliphatic rings. The van der Waals surface area contributed by atoms with Gasteiger partial charge in [0.1, 0.15) is 0 Å². The highest BCUT2D eigenvalue weighted by Gasteiger charge is 2.39. The van der Waals surface area contributed by atoms with E-state index in [1.54, 1.807) is 0 Å². The first kappa shape index (κ1) is 14.1. The second kappa shape index (κ2) is 6.07. The topological polar surface area (TPSA) is 49.3 Å². The molecule has 2 N–H and O–H groups in total. The summed E-state index contributed by atoms with van der Waals surface area (Å²) in [6.45, 7) is 5.67. The highest BCUT2D eigenvalue weighted by molar-refractivity contribution is 5.67. The Balaban J connectivity index is 2.70. The molecule has 1 saturated carbocycles. The molecule has 3 nitrogen and oxygen atoms in total. The minimum Gasteiger partial charge on any atom is -0.481 e. The third-order valence-corrected chi connectivity index (χ3v) is 3.62. The monoisotopic (exact) mass is 237 g/mol. The van der Waals surface area contributed by atoms with Crippen LogP contribution in [0.25, 0.3) is 0 Å². The molecule has 1 aliphatic carbocycles. The lowest BCUT2D eigenvalue weighted by molar-refractivity contribution is -0.140. The van der Waals surface area contributed by atoms with E-state index in [2.05, 4.69) is 25.1 Å². The Morgan fingerprint density at radius 3 is 2.53 bits per heavy atom. The molecular formula is C14H23NO2. The summed E-state index contributed by atoms with van der Waals surface area (Å²) in [4.78, 5) is 11.1. The number of hydrogen-bond donors (Lipinski definition) is 2. The van der Waals surface area contributed by atoms with Crippen LogP contribution < -0.4 is 5.32 Å². The fourth-order valence-electron chi connectivity index (χ4n) is 3.49. The van der Waals surface area contributed by atoms with Gasteiger partial charge in [0.15, 0.2) is 0 Å². The normalized spacial score (nSPS) is 33.0. The Hall–Kier alpha value is -1.01. The van der Waals surface area contributed by atoms with Crippen molar-refractivity contribution in [3.8, 4) is 12.3 Å². The van der Waals surface area contributed by atoms with E-state index in [1.807, 2.05) is 0 Å². The molecule has 96 valence electrons. The summed E-state index contributed by atoms with van der Waals surface area (Å²) in [6.07, 6.45) is 8.64. The average Bonchev–Trinajstić information content (AvgIpc) is 2.14. The number of carboxylic acid groups (broad SMARTS) is 1. The molecule has 0 aromatic heterocycles. The molecular weight excluding hydrogens is 214 g/mol. The molecule has 3 heteroatoms. The van der Waals surface area contributed by atoms with Crippen LogP contribution in [0.3, 0.4) is 0 Å². The highest BCUT2D eigenvalue weighted by atomic mass is 16.4. The summed E-state index contributed by atoms with van der Waals surface area (Å²) < 4.78 is 0. The number of carboxylic acids is 1. The van der Waals surface area contributed by atoms with Crippen molar-refractivity contribution in [3.63, 3.8) is 0 Å². The van der Waals surface area contributed by atoms with Crippen LogP contribution in [0.15, 0.2) is 0 Å². The zero-order valence-electron chi connectivity index (χ0n) is 10.8. The zero-order valence-corrected chi connectivity index (χ0v) is 10.8. The number of terminal acetylenes is 1. The van der Waals surface area contributed by atoms with E-state index in [0.717, 1.165) is 19.4 Å². The molecule has 1 rings (SSSR count). The van der Waals surface area contributed by atoms with Gasteiger partial charge in [-0.1, -0.05) is 19.8 Å². The molecule has 0 unspecified atom stereocenters. The lowest BCUT2D eigenvalue weighted by atomic mass is 9.64. The van der Waals surface area contributed by atoms with Crippen molar-refractivity contribution in [2.75, 3.05) is 13.1 Å². The second-order valence-electron chi connectivity index (χ2n) is 5.73. The van der Waals surface area contributed by atoms with Crippen molar-refractivity contribution in [3.05, 3.63) is 0 Å². The summed E-state index contributed by atoms with van der Waals surface area (Å²) in [6, 6.07) is 0. The zero-order chi connectivity index (χ0) is 12.9. The van der Waals surface area contributed by atoms with Crippen molar-refractivity contribution in [2.45, 2.75) is 39.5 Å². The number of rotatable bonds is 5. The van der Waals surface area contributed by atoms with Crippen LogP contribution in [0.4, 0.5) is 0 Å². The van der Waals surface area contributed by atoms with Crippen LogP contribution in [-0.2, 0) is 4.79 Å². The molecule has 0 amide bonds. The first-order valence-electron chi connectivity index (χ1n) is 6.33. The number of carbonyl (C=O) groups is 1. The van der Waals surface area contributed by atoms with Gasteiger partial charge in [-0.05, 0) is 36.5 Å². The molecule has 0 radical (unpaired) electrons. The maximum absolute atomic E-state index is 11.1. The van der Waals surface area contributed by atoms with Crippen LogP contribution in [0.2, 0.25) is 0 Å². The predicted molar refractivity (Wildman–Crippen MR) is 68.6 cm³/mol. The van der Waals surface area contributed by atoms with Crippen LogP contribution in [0, 0.1) is 29.6 Å². The first-order valence-corrected chi connectivity index (χ1v) is 6.33. The molecule has 17 heavy (non-hydrogen) atoms. The van der Waals surface area contributed by atoms with Gasteiger partial charge in [-0.2, -0.15) is 0 Å². The van der Waals surface area contributed by atoms with Crippen molar-refractivity contribution >= 4 is 5.97 Å². The largest absolute Gasteiger partial charge is 0.481 e. The third-order valence-electron chi connectivity index (χ3n) is 3.62. The van der Waals surface area contributed by atoms with Gasteiger partial charge in [0.05, 0.1) is 13.0 Å². The van der Waals surface area contributed by atoms with E-state index in [9.17, 15) is 4.79 Å². The van der Waals surface area contributed by atoms with Crippen LogP contribution in [-0.4, -0.2) is 24.2 Å². The first-order chi connectivity index (χ1) is 7.97. The van der Waals surface area contributed by atoms with Gasteiger partial charge in [0.25, 0.3) is 0 Å². The van der Waals surface area contributed by atoms with Crippen LogP contribution >= 0.6 is 0 Å². The minimum atomic E-state index is -0.700. The van der Waals surface area contributed by atoms with Gasteiger partial charge < -0.3 is 10.4 Å². The molecule has 3 atom stereocenters. The summed E-state index contributed by atoms with van der Waals surface area (Å²) in [5.41, 5.74) is -0.111. The SMILES string of the molecule is C#CCNC[C@]1(CC(=O)O)C[C@H](C)C[C@H](C)C1. The van der Waals surface area contributed by atoms with E-state index < -0.39 is 5.97 Å². The summed E-state index contributed by atoms with van der Waals surface area (Å²) in [5.74, 6) is 3.05. The van der Waals surface area contributed by atoms with E-state index in [1.165, 1.54) is 6.42 Å². The Morgan fingerprint density at radius 1 is 1.47 bits per heavy atom. The number of nitrogens with one attached hydrogen (secondary N) is 1. The smallest absolute Gasteiger partial charge is 0.303 e. The maximum Gasteiger partial charge on any atom is 0.303 e. The summed E-state index contributed by atoms with van der Waals surface area (Å²) >= 11 is 0. The number of aliphatic carboxylic acids is 1. The molecule has 0 saturated heterocycles. The molecule has 0 heterocycles. The average molecular weight is 237 g/mol. The second-order valence-corrected chi connectivity index (χ2v) is 5.73.